The van der Waals surface area contributed by atoms with Crippen molar-refractivity contribution in [1.29, 1.82) is 0 Å². The number of benzene rings is 2. The number of nitrogens with zero attached hydrogens (tertiary/aromatic N) is 2. The molecule has 1 atom stereocenters. The van der Waals surface area contributed by atoms with Crippen molar-refractivity contribution >= 4 is 22.5 Å². The van der Waals surface area contributed by atoms with Gasteiger partial charge >= 0.3 is 0 Å². The van der Waals surface area contributed by atoms with Gasteiger partial charge in [-0.05, 0) is 80.9 Å². The molecule has 0 N–H and O–H groups in total. The number of unbranched alkanes of at least 4 members (excludes halogenated alkanes) is 1. The molecule has 3 rings (SSSR count). The molecular weight excluding hydrogens is 380 g/mol. The van der Waals surface area contributed by atoms with Gasteiger partial charge in [-0.15, -0.1) is 0 Å². The van der Waals surface area contributed by atoms with Crippen molar-refractivity contribution < 1.29 is 4.74 Å². The number of hydrogen-bond acceptors (Lipinski definition) is 3. The first-order valence-corrected chi connectivity index (χ1v) is 10.6. The molecule has 0 spiro atoms. The normalized spacial score (nSPS) is 12.7. The smallest absolute Gasteiger partial charge is 0.0834 e. The maximum absolute atomic E-state index is 6.15. The van der Waals surface area contributed by atoms with Crippen LogP contribution in [0.15, 0.2) is 42.5 Å². The zero-order valence-electron chi connectivity index (χ0n) is 17.8. The Morgan fingerprint density at radius 2 is 1.86 bits per heavy atom. The molecule has 29 heavy (non-hydrogen) atoms. The zero-order valence-corrected chi connectivity index (χ0v) is 18.6. The van der Waals surface area contributed by atoms with Crippen LogP contribution in [0.2, 0.25) is 5.02 Å². The molecule has 4 heteroatoms. The van der Waals surface area contributed by atoms with Gasteiger partial charge in [0.15, 0.2) is 0 Å². The van der Waals surface area contributed by atoms with Crippen molar-refractivity contribution in [1.82, 2.24) is 9.88 Å². The number of pyridine rings is 1. The number of aryl methyl sites for hydroxylation is 1. The lowest BCUT2D eigenvalue weighted by Gasteiger charge is -2.22. The second-order valence-electron chi connectivity index (χ2n) is 7.81. The van der Waals surface area contributed by atoms with E-state index in [9.17, 15) is 0 Å². The fourth-order valence-electron chi connectivity index (χ4n) is 3.67. The fourth-order valence-corrected chi connectivity index (χ4v) is 3.80. The Morgan fingerprint density at radius 1 is 1.14 bits per heavy atom. The van der Waals surface area contributed by atoms with E-state index in [4.69, 9.17) is 21.3 Å². The predicted octanol–water partition coefficient (Wildman–Crippen LogP) is 6.62. The lowest BCUT2D eigenvalue weighted by atomic mass is 9.89. The van der Waals surface area contributed by atoms with Crippen molar-refractivity contribution in [2.75, 3.05) is 20.7 Å². The summed E-state index contributed by atoms with van der Waals surface area (Å²) in [4.78, 5) is 7.05. The van der Waals surface area contributed by atoms with Crippen molar-refractivity contribution in [2.24, 2.45) is 0 Å². The second kappa shape index (κ2) is 9.71. The van der Waals surface area contributed by atoms with Gasteiger partial charge in [-0.1, -0.05) is 43.1 Å². The molecule has 2 aromatic carbocycles. The third-order valence-corrected chi connectivity index (χ3v) is 5.30. The van der Waals surface area contributed by atoms with Gasteiger partial charge in [0.2, 0.25) is 0 Å². The Balaban J connectivity index is 2.18. The number of ether oxygens (including phenoxy) is 1. The third-order valence-electron chi connectivity index (χ3n) is 5.05. The molecule has 0 bridgehead atoms. The van der Waals surface area contributed by atoms with E-state index >= 15 is 0 Å². The summed E-state index contributed by atoms with van der Waals surface area (Å²) in [5.41, 5.74) is 6.56. The van der Waals surface area contributed by atoms with Gasteiger partial charge in [0.1, 0.15) is 0 Å². The highest BCUT2D eigenvalue weighted by Gasteiger charge is 2.20. The predicted molar refractivity (Wildman–Crippen MR) is 123 cm³/mol. The number of halogens is 1. The molecule has 0 saturated heterocycles. The largest absolute Gasteiger partial charge is 0.373 e. The average Bonchev–Trinajstić information content (AvgIpc) is 2.67. The van der Waals surface area contributed by atoms with Gasteiger partial charge in [-0.25, -0.2) is 0 Å². The first-order valence-electron chi connectivity index (χ1n) is 10.2. The van der Waals surface area contributed by atoms with E-state index < -0.39 is 0 Å². The van der Waals surface area contributed by atoms with Crippen LogP contribution in [0, 0.1) is 13.8 Å². The second-order valence-corrected chi connectivity index (χ2v) is 8.25. The summed E-state index contributed by atoms with van der Waals surface area (Å²) in [6, 6.07) is 14.4. The average molecular weight is 410 g/mol. The van der Waals surface area contributed by atoms with Crippen LogP contribution in [-0.4, -0.2) is 30.6 Å². The lowest BCUT2D eigenvalue weighted by molar-refractivity contribution is 0.0811. The molecule has 0 aliphatic rings. The summed E-state index contributed by atoms with van der Waals surface area (Å²) < 4.78 is 6.10. The van der Waals surface area contributed by atoms with E-state index in [2.05, 4.69) is 70.1 Å². The standard InChI is InChI=1S/C25H30ClN2O/c1-6-7-14-29-18(3)24-17(2)15-23-22(13-12-21(27-23)16-28(4)5)25(24)19-8-10-20(26)11-9-19/h8-13,15,18H,3,6-7,14,16H2,1-2,4-5H3. The molecule has 1 heterocycles. The van der Waals surface area contributed by atoms with Gasteiger partial charge in [-0.3, -0.25) is 4.98 Å². The topological polar surface area (TPSA) is 25.4 Å². The molecule has 1 unspecified atom stereocenters. The summed E-state index contributed by atoms with van der Waals surface area (Å²) in [6.07, 6.45) is 1.90. The van der Waals surface area contributed by atoms with Gasteiger partial charge in [0.05, 0.1) is 17.3 Å². The van der Waals surface area contributed by atoms with Crippen LogP contribution in [0.4, 0.5) is 0 Å². The van der Waals surface area contributed by atoms with Crippen LogP contribution in [0.3, 0.4) is 0 Å². The minimum atomic E-state index is -0.238. The number of rotatable bonds is 8. The Kier molecular flexibility index (Phi) is 7.28. The van der Waals surface area contributed by atoms with Crippen molar-refractivity contribution in [2.45, 2.75) is 39.3 Å². The molecule has 1 radical (unpaired) electrons. The first-order chi connectivity index (χ1) is 13.9. The van der Waals surface area contributed by atoms with Gasteiger partial charge in [0.25, 0.3) is 0 Å². The molecular formula is C25H30ClN2O. The quantitative estimate of drug-likeness (QED) is 0.391. The summed E-state index contributed by atoms with van der Waals surface area (Å²) >= 11 is 6.15. The number of fused-ring (bicyclic) bond motifs is 1. The van der Waals surface area contributed by atoms with Crippen molar-refractivity contribution in [3.63, 3.8) is 0 Å². The molecule has 0 saturated carbocycles. The maximum atomic E-state index is 6.15. The number of aromatic nitrogens is 1. The van der Waals surface area contributed by atoms with E-state index in [1.807, 2.05) is 12.1 Å². The van der Waals surface area contributed by atoms with Crippen LogP contribution in [-0.2, 0) is 11.3 Å². The van der Waals surface area contributed by atoms with Crippen LogP contribution in [0.5, 0.6) is 0 Å². The minimum Gasteiger partial charge on any atom is -0.373 e. The Hall–Kier alpha value is -1.94. The number of hydrogen-bond donors (Lipinski definition) is 0. The SMILES string of the molecule is [CH2]C(OCCCC)c1c(C)cc2nc(CN(C)C)ccc2c1-c1ccc(Cl)cc1. The summed E-state index contributed by atoms with van der Waals surface area (Å²) in [7, 11) is 4.11. The molecule has 3 aromatic rings. The molecule has 1 aromatic heterocycles. The van der Waals surface area contributed by atoms with E-state index in [0.29, 0.717) is 6.61 Å². The fraction of sp³-hybridized carbons (Fsp3) is 0.360. The van der Waals surface area contributed by atoms with Crippen LogP contribution < -0.4 is 0 Å². The molecule has 3 nitrogen and oxygen atoms in total. The Morgan fingerprint density at radius 3 is 2.52 bits per heavy atom. The Bertz CT molecular complexity index is 967. The molecule has 0 aliphatic carbocycles. The highest BCUT2D eigenvalue weighted by molar-refractivity contribution is 6.30. The Labute approximate surface area is 179 Å². The molecule has 0 aliphatic heterocycles. The van der Waals surface area contributed by atoms with E-state index in [1.165, 1.54) is 0 Å². The molecule has 0 fully saturated rings. The van der Waals surface area contributed by atoms with E-state index in [1.54, 1.807) is 0 Å². The summed E-state index contributed by atoms with van der Waals surface area (Å²) in [5, 5.41) is 1.84. The lowest BCUT2D eigenvalue weighted by Crippen LogP contribution is -2.12. The zero-order chi connectivity index (χ0) is 21.0. The summed E-state index contributed by atoms with van der Waals surface area (Å²) in [5.74, 6) is 0. The van der Waals surface area contributed by atoms with E-state index in [-0.39, 0.29) is 6.10 Å². The maximum Gasteiger partial charge on any atom is 0.0834 e. The van der Waals surface area contributed by atoms with E-state index in [0.717, 1.165) is 63.3 Å². The van der Waals surface area contributed by atoms with Gasteiger partial charge < -0.3 is 9.64 Å². The van der Waals surface area contributed by atoms with Crippen LogP contribution >= 0.6 is 11.6 Å². The van der Waals surface area contributed by atoms with Crippen LogP contribution in [0.25, 0.3) is 22.0 Å². The summed E-state index contributed by atoms with van der Waals surface area (Å²) in [6.45, 7) is 10.1. The highest BCUT2D eigenvalue weighted by Crippen LogP contribution is 2.38. The van der Waals surface area contributed by atoms with Crippen molar-refractivity contribution in [3.8, 4) is 11.1 Å². The van der Waals surface area contributed by atoms with Crippen molar-refractivity contribution in [3.05, 3.63) is 71.2 Å². The molecule has 153 valence electrons. The van der Waals surface area contributed by atoms with Crippen LogP contribution in [0.1, 0.15) is 42.7 Å². The minimum absolute atomic E-state index is 0.238. The van der Waals surface area contributed by atoms with Gasteiger partial charge in [0, 0.05) is 23.6 Å². The monoisotopic (exact) mass is 409 g/mol. The van der Waals surface area contributed by atoms with Gasteiger partial charge in [-0.2, -0.15) is 0 Å². The highest BCUT2D eigenvalue weighted by atomic mass is 35.5. The third kappa shape index (κ3) is 5.16. The first kappa shape index (κ1) is 21.8. The molecule has 0 amide bonds.